The zero-order valence-electron chi connectivity index (χ0n) is 27.0. The molecule has 39 heavy (non-hydrogen) atoms. The van der Waals surface area contributed by atoms with Crippen molar-refractivity contribution < 1.29 is 0 Å². The Hall–Kier alpha value is -0.0600. The van der Waals surface area contributed by atoms with Gasteiger partial charge in [-0.3, -0.25) is 0 Å². The second kappa shape index (κ2) is 24.5. The van der Waals surface area contributed by atoms with Crippen LogP contribution in [-0.2, 0) is 6.16 Å². The zero-order valence-corrected chi connectivity index (χ0v) is 28.7. The van der Waals surface area contributed by atoms with E-state index in [4.69, 9.17) is 11.2 Å². The van der Waals surface area contributed by atoms with Crippen molar-refractivity contribution in [2.45, 2.75) is 181 Å². The summed E-state index contributed by atoms with van der Waals surface area (Å²) in [6.45, 7) is 6.95. The summed E-state index contributed by atoms with van der Waals surface area (Å²) in [6, 6.07) is 11.4. The molecular weight excluding hydrogens is 511 g/mol. The van der Waals surface area contributed by atoms with Crippen molar-refractivity contribution in [1.29, 1.82) is 0 Å². The van der Waals surface area contributed by atoms with Gasteiger partial charge in [0.15, 0.2) is 0 Å². The first-order valence-electron chi connectivity index (χ1n) is 17.8. The molecule has 0 aliphatic carbocycles. The number of hydrogen-bond donors (Lipinski definition) is 0. The van der Waals surface area contributed by atoms with Crippen LogP contribution in [0.5, 0.6) is 0 Å². The van der Waals surface area contributed by atoms with Gasteiger partial charge in [-0.05, 0) is 0 Å². The van der Waals surface area contributed by atoms with E-state index < -0.39 is 5.96 Å². The van der Waals surface area contributed by atoms with Crippen LogP contribution in [0.1, 0.15) is 180 Å². The van der Waals surface area contributed by atoms with Gasteiger partial charge in [-0.15, -0.1) is 0 Å². The van der Waals surface area contributed by atoms with E-state index in [1.165, 1.54) is 184 Å². The molecular formula is C37H70ClP. The van der Waals surface area contributed by atoms with Crippen LogP contribution in [0.2, 0.25) is 0 Å². The first-order chi connectivity index (χ1) is 19.1. The third-order valence-corrected chi connectivity index (χ3v) is 16.5. The van der Waals surface area contributed by atoms with Crippen LogP contribution in [0.3, 0.4) is 0 Å². The first-order valence-corrected chi connectivity index (χ1v) is 21.7. The quantitative estimate of drug-likeness (QED) is 0.0652. The van der Waals surface area contributed by atoms with Crippen molar-refractivity contribution in [3.63, 3.8) is 0 Å². The molecule has 0 N–H and O–H groups in total. The normalized spacial score (nSPS) is 13.0. The Morgan fingerprint density at radius 2 is 0.692 bits per heavy atom. The van der Waals surface area contributed by atoms with Crippen LogP contribution >= 0.6 is 17.2 Å². The van der Waals surface area contributed by atoms with E-state index in [1.54, 1.807) is 0 Å². The van der Waals surface area contributed by atoms with Gasteiger partial charge in [-0.25, -0.2) is 0 Å². The summed E-state index contributed by atoms with van der Waals surface area (Å²) in [6.07, 6.45) is 38.7. The molecule has 1 rings (SSSR count). The van der Waals surface area contributed by atoms with Gasteiger partial charge >= 0.3 is 253 Å². The fraction of sp³-hybridized carbons (Fsp3) is 0.838. The summed E-state index contributed by atoms with van der Waals surface area (Å²) in [5.74, 6) is -2.31. The molecule has 0 nitrogen and oxygen atoms in total. The molecule has 0 aliphatic heterocycles. The molecule has 0 saturated carbocycles. The van der Waals surface area contributed by atoms with Crippen molar-refractivity contribution in [3.8, 4) is 0 Å². The van der Waals surface area contributed by atoms with Crippen molar-refractivity contribution in [2.75, 3.05) is 18.5 Å². The number of rotatable bonds is 29. The van der Waals surface area contributed by atoms with Crippen molar-refractivity contribution >= 4 is 17.2 Å². The van der Waals surface area contributed by atoms with E-state index >= 15 is 0 Å². The number of benzene rings is 1. The number of unbranched alkanes of at least 4 members (excludes halogenated alkanes) is 21. The molecule has 0 amide bonds. The second-order valence-electron chi connectivity index (χ2n) is 13.1. The number of halogens is 1. The predicted molar refractivity (Wildman–Crippen MR) is 185 cm³/mol. The molecule has 2 heteroatoms. The minimum atomic E-state index is -2.31. The predicted octanol–water partition coefficient (Wildman–Crippen LogP) is 14.3. The topological polar surface area (TPSA) is 0 Å². The van der Waals surface area contributed by atoms with Crippen molar-refractivity contribution in [3.05, 3.63) is 35.9 Å². The SMILES string of the molecule is CCCCCCCCCCP(Cl)(CCCCCCCCCC)(CCCCCCCCCC)Cc1ccccc1. The molecule has 0 fully saturated rings. The molecule has 230 valence electrons. The van der Waals surface area contributed by atoms with E-state index in [0.29, 0.717) is 0 Å². The molecule has 0 unspecified atom stereocenters. The van der Waals surface area contributed by atoms with Gasteiger partial charge in [0.1, 0.15) is 0 Å². The molecule has 0 saturated heterocycles. The van der Waals surface area contributed by atoms with Crippen LogP contribution in [0.25, 0.3) is 0 Å². The van der Waals surface area contributed by atoms with Gasteiger partial charge in [0.25, 0.3) is 0 Å². The molecule has 0 spiro atoms. The van der Waals surface area contributed by atoms with E-state index in [1.807, 2.05) is 0 Å². The Balaban J connectivity index is 2.75. The molecule has 0 aromatic heterocycles. The van der Waals surface area contributed by atoms with Gasteiger partial charge in [0.05, 0.1) is 0 Å². The molecule has 0 aliphatic rings. The van der Waals surface area contributed by atoms with Crippen LogP contribution in [0.4, 0.5) is 0 Å². The van der Waals surface area contributed by atoms with E-state index in [9.17, 15) is 0 Å². The van der Waals surface area contributed by atoms with E-state index in [2.05, 4.69) is 51.1 Å². The average molecular weight is 581 g/mol. The van der Waals surface area contributed by atoms with Gasteiger partial charge < -0.3 is 0 Å². The Morgan fingerprint density at radius 3 is 1.00 bits per heavy atom. The van der Waals surface area contributed by atoms with E-state index in [-0.39, 0.29) is 0 Å². The second-order valence-corrected chi connectivity index (χ2v) is 21.2. The molecule has 1 aromatic rings. The summed E-state index contributed by atoms with van der Waals surface area (Å²) in [7, 11) is 0. The molecule has 0 atom stereocenters. The van der Waals surface area contributed by atoms with Gasteiger partial charge in [-0.1, -0.05) is 0 Å². The van der Waals surface area contributed by atoms with Gasteiger partial charge in [0.2, 0.25) is 0 Å². The van der Waals surface area contributed by atoms with Crippen molar-refractivity contribution in [1.82, 2.24) is 0 Å². The maximum atomic E-state index is 8.21. The first kappa shape index (κ1) is 37.0. The average Bonchev–Trinajstić information content (AvgIpc) is 2.94. The summed E-state index contributed by atoms with van der Waals surface area (Å²) in [5, 5.41) is 0. The molecule has 1 aromatic carbocycles. The summed E-state index contributed by atoms with van der Waals surface area (Å²) in [5.41, 5.74) is 1.50. The van der Waals surface area contributed by atoms with Crippen LogP contribution in [0, 0.1) is 0 Å². The van der Waals surface area contributed by atoms with Crippen molar-refractivity contribution in [2.24, 2.45) is 0 Å². The Labute approximate surface area is 252 Å². The summed E-state index contributed by atoms with van der Waals surface area (Å²) >= 11 is 8.21. The van der Waals surface area contributed by atoms with Crippen LogP contribution in [0.15, 0.2) is 30.3 Å². The van der Waals surface area contributed by atoms with Crippen LogP contribution < -0.4 is 0 Å². The Bertz CT molecular complexity index is 589. The fourth-order valence-electron chi connectivity index (χ4n) is 6.53. The maximum absolute atomic E-state index is 8.21. The zero-order chi connectivity index (χ0) is 28.4. The van der Waals surface area contributed by atoms with E-state index in [0.717, 1.165) is 0 Å². The fourth-order valence-corrected chi connectivity index (χ4v) is 13.3. The summed E-state index contributed by atoms with van der Waals surface area (Å²) < 4.78 is 0. The molecule has 0 bridgehead atoms. The Morgan fingerprint density at radius 1 is 0.410 bits per heavy atom. The monoisotopic (exact) mass is 580 g/mol. The third-order valence-electron chi connectivity index (χ3n) is 9.13. The molecule has 0 radical (unpaired) electrons. The van der Waals surface area contributed by atoms with Gasteiger partial charge in [-0.2, -0.15) is 0 Å². The van der Waals surface area contributed by atoms with Crippen LogP contribution in [-0.4, -0.2) is 18.5 Å². The standard InChI is InChI=1S/C37H70ClP/c1-4-7-10-13-16-19-22-28-33-39(38,36-37-31-26-25-27-32-37,34-29-23-20-17-14-11-8-5-2)35-30-24-21-18-15-12-9-6-3/h25-27,31-32H,4-24,28-30,33-36H2,1-3H3. The molecule has 0 heterocycles. The minimum absolute atomic E-state index is 1.18. The Kier molecular flexibility index (Phi) is 23.3. The third kappa shape index (κ3) is 19.6. The van der Waals surface area contributed by atoms with Gasteiger partial charge in [0, 0.05) is 0 Å². The number of hydrogen-bond acceptors (Lipinski definition) is 0. The summed E-state index contributed by atoms with van der Waals surface area (Å²) in [4.78, 5) is 0.